The van der Waals surface area contributed by atoms with Crippen LogP contribution in [0.4, 0.5) is 5.69 Å². The van der Waals surface area contributed by atoms with Crippen molar-refractivity contribution in [3.05, 3.63) is 23.8 Å². The molecule has 0 saturated carbocycles. The highest BCUT2D eigenvalue weighted by atomic mass is 32.2. The molecule has 1 N–H and O–H groups in total. The molecular formula is C16H24N2O2S. The molecule has 0 unspecified atom stereocenters. The molecule has 1 saturated heterocycles. The van der Waals surface area contributed by atoms with Crippen LogP contribution in [0, 0.1) is 0 Å². The fourth-order valence-corrected chi connectivity index (χ4v) is 3.57. The van der Waals surface area contributed by atoms with Gasteiger partial charge >= 0.3 is 5.97 Å². The first-order valence-corrected chi connectivity index (χ1v) is 8.54. The number of nitrogens with zero attached hydrogens (tertiary/aromatic N) is 2. The van der Waals surface area contributed by atoms with E-state index in [2.05, 4.69) is 9.80 Å². The summed E-state index contributed by atoms with van der Waals surface area (Å²) in [5.74, 6) is 0.0379. The SMILES string of the molecule is CCSc1cccc(N(C)CCN2CCCC2)c1C(=O)O. The lowest BCUT2D eigenvalue weighted by Crippen LogP contribution is -2.32. The van der Waals surface area contributed by atoms with Gasteiger partial charge in [-0.25, -0.2) is 4.79 Å². The van der Waals surface area contributed by atoms with E-state index in [9.17, 15) is 9.90 Å². The number of benzene rings is 1. The van der Waals surface area contributed by atoms with Crippen molar-refractivity contribution in [2.75, 3.05) is 43.9 Å². The summed E-state index contributed by atoms with van der Waals surface area (Å²) in [6, 6.07) is 5.76. The molecule has 21 heavy (non-hydrogen) atoms. The summed E-state index contributed by atoms with van der Waals surface area (Å²) in [6.45, 7) is 6.25. The van der Waals surface area contributed by atoms with Crippen molar-refractivity contribution in [1.82, 2.24) is 4.90 Å². The molecule has 1 aromatic rings. The highest BCUT2D eigenvalue weighted by Gasteiger charge is 2.19. The summed E-state index contributed by atoms with van der Waals surface area (Å²) in [5, 5.41) is 9.55. The van der Waals surface area contributed by atoms with Gasteiger partial charge in [-0.1, -0.05) is 13.0 Å². The van der Waals surface area contributed by atoms with Gasteiger partial charge in [-0.05, 0) is 43.8 Å². The highest BCUT2D eigenvalue weighted by molar-refractivity contribution is 7.99. The van der Waals surface area contributed by atoms with Gasteiger partial charge < -0.3 is 14.9 Å². The van der Waals surface area contributed by atoms with E-state index in [1.54, 1.807) is 11.8 Å². The lowest BCUT2D eigenvalue weighted by atomic mass is 10.1. The predicted octanol–water partition coefficient (Wildman–Crippen LogP) is 3.03. The fourth-order valence-electron chi connectivity index (χ4n) is 2.75. The van der Waals surface area contributed by atoms with E-state index < -0.39 is 5.97 Å². The number of likely N-dealkylation sites (N-methyl/N-ethyl adjacent to an activating group) is 1. The van der Waals surface area contributed by atoms with Crippen LogP contribution in [0.3, 0.4) is 0 Å². The lowest BCUT2D eigenvalue weighted by Gasteiger charge is -2.25. The normalized spacial score (nSPS) is 15.3. The molecule has 1 aliphatic heterocycles. The second-order valence-electron chi connectivity index (χ2n) is 5.36. The van der Waals surface area contributed by atoms with Crippen molar-refractivity contribution in [3.8, 4) is 0 Å². The summed E-state index contributed by atoms with van der Waals surface area (Å²) < 4.78 is 0. The van der Waals surface area contributed by atoms with Crippen molar-refractivity contribution >= 4 is 23.4 Å². The molecule has 0 spiro atoms. The molecule has 0 aliphatic carbocycles. The number of hydrogen-bond acceptors (Lipinski definition) is 4. The molecule has 1 aromatic carbocycles. The Balaban J connectivity index is 2.12. The van der Waals surface area contributed by atoms with Crippen molar-refractivity contribution < 1.29 is 9.90 Å². The third-order valence-electron chi connectivity index (χ3n) is 3.88. The van der Waals surface area contributed by atoms with E-state index in [0.29, 0.717) is 5.56 Å². The molecule has 0 atom stereocenters. The van der Waals surface area contributed by atoms with Crippen LogP contribution < -0.4 is 4.90 Å². The average molecular weight is 308 g/mol. The molecule has 2 rings (SSSR count). The fraction of sp³-hybridized carbons (Fsp3) is 0.562. The molecular weight excluding hydrogens is 284 g/mol. The van der Waals surface area contributed by atoms with E-state index in [1.165, 1.54) is 25.9 Å². The second kappa shape index (κ2) is 7.71. The van der Waals surface area contributed by atoms with Crippen LogP contribution in [0.15, 0.2) is 23.1 Å². The Labute approximate surface area is 131 Å². The van der Waals surface area contributed by atoms with Gasteiger partial charge in [0.2, 0.25) is 0 Å². The Bertz CT molecular complexity index is 487. The smallest absolute Gasteiger partial charge is 0.338 e. The van der Waals surface area contributed by atoms with Gasteiger partial charge in [-0.2, -0.15) is 0 Å². The van der Waals surface area contributed by atoms with Gasteiger partial charge in [-0.15, -0.1) is 11.8 Å². The average Bonchev–Trinajstić information content (AvgIpc) is 2.98. The number of likely N-dealkylation sites (tertiary alicyclic amines) is 1. The Morgan fingerprint density at radius 2 is 2.10 bits per heavy atom. The zero-order chi connectivity index (χ0) is 15.2. The van der Waals surface area contributed by atoms with E-state index in [1.807, 2.05) is 32.2 Å². The Morgan fingerprint density at radius 3 is 2.71 bits per heavy atom. The summed E-state index contributed by atoms with van der Waals surface area (Å²) in [7, 11) is 1.98. The number of hydrogen-bond donors (Lipinski definition) is 1. The minimum Gasteiger partial charge on any atom is -0.478 e. The van der Waals surface area contributed by atoms with Gasteiger partial charge in [0.25, 0.3) is 0 Å². The highest BCUT2D eigenvalue weighted by Crippen LogP contribution is 2.30. The van der Waals surface area contributed by atoms with E-state index in [4.69, 9.17) is 0 Å². The molecule has 1 heterocycles. The second-order valence-corrected chi connectivity index (χ2v) is 6.66. The third kappa shape index (κ3) is 4.14. The molecule has 1 aliphatic rings. The van der Waals surface area contributed by atoms with E-state index in [0.717, 1.165) is 29.4 Å². The largest absolute Gasteiger partial charge is 0.478 e. The van der Waals surface area contributed by atoms with E-state index >= 15 is 0 Å². The maximum Gasteiger partial charge on any atom is 0.338 e. The van der Waals surface area contributed by atoms with Gasteiger partial charge in [0.1, 0.15) is 0 Å². The number of rotatable bonds is 7. The van der Waals surface area contributed by atoms with Crippen molar-refractivity contribution in [2.24, 2.45) is 0 Å². The van der Waals surface area contributed by atoms with Crippen molar-refractivity contribution in [1.29, 1.82) is 0 Å². The van der Waals surface area contributed by atoms with Crippen LogP contribution >= 0.6 is 11.8 Å². The van der Waals surface area contributed by atoms with Gasteiger partial charge in [0, 0.05) is 25.0 Å². The Morgan fingerprint density at radius 1 is 1.38 bits per heavy atom. The number of carbonyl (C=O) groups is 1. The standard InChI is InChI=1S/C16H24N2O2S/c1-3-21-14-8-6-7-13(15(14)16(19)20)17(2)11-12-18-9-4-5-10-18/h6-8H,3-5,9-12H2,1-2H3,(H,19,20). The van der Waals surface area contributed by atoms with Gasteiger partial charge in [-0.3, -0.25) is 0 Å². The minimum absolute atomic E-state index is 0.438. The Kier molecular flexibility index (Phi) is 5.94. The Hall–Kier alpha value is -1.20. The lowest BCUT2D eigenvalue weighted by molar-refractivity contribution is 0.0694. The molecule has 5 heteroatoms. The molecule has 116 valence electrons. The number of aromatic carboxylic acids is 1. The number of carboxylic acid groups (broad SMARTS) is 1. The monoisotopic (exact) mass is 308 g/mol. The zero-order valence-electron chi connectivity index (χ0n) is 12.8. The molecule has 1 fully saturated rings. The van der Waals surface area contributed by atoms with Crippen LogP contribution in [-0.4, -0.2) is 55.0 Å². The molecule has 4 nitrogen and oxygen atoms in total. The van der Waals surface area contributed by atoms with Crippen LogP contribution in [0.25, 0.3) is 0 Å². The van der Waals surface area contributed by atoms with Crippen LogP contribution in [-0.2, 0) is 0 Å². The van der Waals surface area contributed by atoms with Crippen LogP contribution in [0.2, 0.25) is 0 Å². The number of carboxylic acids is 1. The topological polar surface area (TPSA) is 43.8 Å². The van der Waals surface area contributed by atoms with Crippen LogP contribution in [0.5, 0.6) is 0 Å². The molecule has 0 radical (unpaired) electrons. The first-order chi connectivity index (χ1) is 10.1. The first-order valence-electron chi connectivity index (χ1n) is 7.56. The van der Waals surface area contributed by atoms with Crippen molar-refractivity contribution in [2.45, 2.75) is 24.7 Å². The maximum atomic E-state index is 11.6. The summed E-state index contributed by atoms with van der Waals surface area (Å²) in [6.07, 6.45) is 2.57. The summed E-state index contributed by atoms with van der Waals surface area (Å²) in [5.41, 5.74) is 1.26. The number of anilines is 1. The maximum absolute atomic E-state index is 11.6. The third-order valence-corrected chi connectivity index (χ3v) is 4.82. The van der Waals surface area contributed by atoms with Gasteiger partial charge in [0.15, 0.2) is 0 Å². The molecule has 0 aromatic heterocycles. The van der Waals surface area contributed by atoms with Crippen LogP contribution in [0.1, 0.15) is 30.1 Å². The summed E-state index contributed by atoms with van der Waals surface area (Å²) >= 11 is 1.59. The molecule has 0 amide bonds. The predicted molar refractivity (Wildman–Crippen MR) is 88.7 cm³/mol. The number of thioether (sulfide) groups is 1. The summed E-state index contributed by atoms with van der Waals surface area (Å²) in [4.78, 5) is 17.0. The van der Waals surface area contributed by atoms with Crippen molar-refractivity contribution in [3.63, 3.8) is 0 Å². The zero-order valence-corrected chi connectivity index (χ0v) is 13.7. The minimum atomic E-state index is -0.838. The van der Waals surface area contributed by atoms with E-state index in [-0.39, 0.29) is 0 Å². The quantitative estimate of drug-likeness (QED) is 0.784. The molecule has 0 bridgehead atoms. The van der Waals surface area contributed by atoms with Gasteiger partial charge in [0.05, 0.1) is 11.3 Å². The first kappa shape index (κ1) is 16.2.